The SMILES string of the molecule is COC(=O)C(CC1CCNOC1)NC(=O)OC(C)(C)C. The third-order valence-corrected chi connectivity index (χ3v) is 2.82. The highest BCUT2D eigenvalue weighted by Crippen LogP contribution is 2.16. The number of alkyl carbamates (subject to hydrolysis) is 1. The van der Waals surface area contributed by atoms with Crippen molar-refractivity contribution in [1.29, 1.82) is 0 Å². The van der Waals surface area contributed by atoms with Gasteiger partial charge in [-0.2, -0.15) is 0 Å². The van der Waals surface area contributed by atoms with Crippen molar-refractivity contribution in [1.82, 2.24) is 10.8 Å². The van der Waals surface area contributed by atoms with Gasteiger partial charge in [0.2, 0.25) is 0 Å². The summed E-state index contributed by atoms with van der Waals surface area (Å²) in [6.45, 7) is 6.52. The van der Waals surface area contributed by atoms with Crippen molar-refractivity contribution < 1.29 is 23.9 Å². The van der Waals surface area contributed by atoms with Crippen molar-refractivity contribution >= 4 is 12.1 Å². The van der Waals surface area contributed by atoms with Crippen molar-refractivity contribution in [3.05, 3.63) is 0 Å². The number of amides is 1. The van der Waals surface area contributed by atoms with E-state index in [-0.39, 0.29) is 5.92 Å². The van der Waals surface area contributed by atoms with Crippen LogP contribution in [0, 0.1) is 5.92 Å². The van der Waals surface area contributed by atoms with Crippen LogP contribution in [0.15, 0.2) is 0 Å². The minimum Gasteiger partial charge on any atom is -0.467 e. The van der Waals surface area contributed by atoms with Gasteiger partial charge in [0.1, 0.15) is 11.6 Å². The summed E-state index contributed by atoms with van der Waals surface area (Å²) in [7, 11) is 1.30. The van der Waals surface area contributed by atoms with Crippen LogP contribution in [0.3, 0.4) is 0 Å². The summed E-state index contributed by atoms with van der Waals surface area (Å²) in [5, 5.41) is 2.56. The van der Waals surface area contributed by atoms with E-state index in [2.05, 4.69) is 10.8 Å². The predicted molar refractivity (Wildman–Crippen MR) is 71.9 cm³/mol. The molecule has 1 aliphatic rings. The standard InChI is InChI=1S/C13H24N2O5/c1-13(2,3)20-12(17)15-10(11(16)18-4)7-9-5-6-14-19-8-9/h9-10,14H,5-8H2,1-4H3,(H,15,17). The first-order valence-corrected chi connectivity index (χ1v) is 6.74. The van der Waals surface area contributed by atoms with Gasteiger partial charge in [-0.3, -0.25) is 0 Å². The van der Waals surface area contributed by atoms with Crippen molar-refractivity contribution in [3.8, 4) is 0 Å². The number of carbonyl (C=O) groups is 2. The molecular weight excluding hydrogens is 264 g/mol. The van der Waals surface area contributed by atoms with Crippen molar-refractivity contribution in [2.45, 2.75) is 45.3 Å². The number of rotatable bonds is 4. The highest BCUT2D eigenvalue weighted by molar-refractivity contribution is 5.81. The normalized spacial score (nSPS) is 20.9. The molecule has 1 amide bonds. The third-order valence-electron chi connectivity index (χ3n) is 2.82. The van der Waals surface area contributed by atoms with Gasteiger partial charge in [-0.05, 0) is 39.5 Å². The van der Waals surface area contributed by atoms with E-state index in [9.17, 15) is 9.59 Å². The zero-order valence-corrected chi connectivity index (χ0v) is 12.5. The number of carbonyl (C=O) groups excluding carboxylic acids is 2. The molecule has 0 aromatic heterocycles. The van der Waals surface area contributed by atoms with Crippen LogP contribution >= 0.6 is 0 Å². The third kappa shape index (κ3) is 6.21. The largest absolute Gasteiger partial charge is 0.467 e. The van der Waals surface area contributed by atoms with E-state index in [0.717, 1.165) is 13.0 Å². The topological polar surface area (TPSA) is 85.9 Å². The summed E-state index contributed by atoms with van der Waals surface area (Å²) in [4.78, 5) is 28.6. The van der Waals surface area contributed by atoms with E-state index in [1.807, 2.05) is 0 Å². The molecule has 116 valence electrons. The first-order chi connectivity index (χ1) is 9.31. The first-order valence-electron chi connectivity index (χ1n) is 6.74. The number of methoxy groups -OCH3 is 1. The van der Waals surface area contributed by atoms with Gasteiger partial charge in [0.25, 0.3) is 0 Å². The fourth-order valence-electron chi connectivity index (χ4n) is 1.92. The summed E-state index contributed by atoms with van der Waals surface area (Å²) in [6.07, 6.45) is 0.722. The van der Waals surface area contributed by atoms with Crippen LogP contribution < -0.4 is 10.8 Å². The Balaban J connectivity index is 2.55. The minimum atomic E-state index is -0.721. The van der Waals surface area contributed by atoms with E-state index in [0.29, 0.717) is 13.0 Å². The van der Waals surface area contributed by atoms with Gasteiger partial charge in [0, 0.05) is 6.54 Å². The Kier molecular flexibility index (Phi) is 6.22. The lowest BCUT2D eigenvalue weighted by molar-refractivity contribution is -0.144. The molecular formula is C13H24N2O5. The second kappa shape index (κ2) is 7.44. The van der Waals surface area contributed by atoms with Gasteiger partial charge in [-0.25, -0.2) is 15.1 Å². The molecule has 1 rings (SSSR count). The van der Waals surface area contributed by atoms with Crippen molar-refractivity contribution in [3.63, 3.8) is 0 Å². The molecule has 0 aromatic carbocycles. The van der Waals surface area contributed by atoms with Gasteiger partial charge in [0.05, 0.1) is 13.7 Å². The molecule has 20 heavy (non-hydrogen) atoms. The summed E-state index contributed by atoms with van der Waals surface area (Å²) < 4.78 is 9.87. The summed E-state index contributed by atoms with van der Waals surface area (Å²) >= 11 is 0. The molecule has 1 heterocycles. The maximum Gasteiger partial charge on any atom is 0.408 e. The highest BCUT2D eigenvalue weighted by atomic mass is 16.6. The molecule has 2 N–H and O–H groups in total. The Labute approximate surface area is 119 Å². The molecule has 2 atom stereocenters. The van der Waals surface area contributed by atoms with Crippen LogP contribution in [0.4, 0.5) is 4.79 Å². The molecule has 0 saturated carbocycles. The van der Waals surface area contributed by atoms with Crippen LogP contribution in [0.1, 0.15) is 33.6 Å². The Morgan fingerprint density at radius 2 is 2.15 bits per heavy atom. The summed E-state index contributed by atoms with van der Waals surface area (Å²) in [5.74, 6) is -0.287. The molecule has 0 radical (unpaired) electrons. The minimum absolute atomic E-state index is 0.190. The second-order valence-electron chi connectivity index (χ2n) is 5.82. The van der Waals surface area contributed by atoms with E-state index in [1.165, 1.54) is 7.11 Å². The van der Waals surface area contributed by atoms with Crippen LogP contribution in [0.25, 0.3) is 0 Å². The zero-order chi connectivity index (χ0) is 15.2. The molecule has 2 unspecified atom stereocenters. The second-order valence-corrected chi connectivity index (χ2v) is 5.82. The molecule has 0 aromatic rings. The lowest BCUT2D eigenvalue weighted by atomic mass is 9.96. The van der Waals surface area contributed by atoms with Crippen molar-refractivity contribution in [2.24, 2.45) is 5.92 Å². The van der Waals surface area contributed by atoms with Gasteiger partial charge in [-0.15, -0.1) is 0 Å². The number of hydrogen-bond acceptors (Lipinski definition) is 6. The fourth-order valence-corrected chi connectivity index (χ4v) is 1.92. The smallest absolute Gasteiger partial charge is 0.408 e. The van der Waals surface area contributed by atoms with Crippen LogP contribution in [-0.4, -0.2) is 44.0 Å². The fraction of sp³-hybridized carbons (Fsp3) is 0.846. The van der Waals surface area contributed by atoms with Gasteiger partial charge in [0.15, 0.2) is 0 Å². The highest BCUT2D eigenvalue weighted by Gasteiger charge is 2.28. The Hall–Kier alpha value is -1.34. The number of ether oxygens (including phenoxy) is 2. The predicted octanol–water partition coefficient (Wildman–Crippen LogP) is 0.984. The van der Waals surface area contributed by atoms with Gasteiger partial charge >= 0.3 is 12.1 Å². The van der Waals surface area contributed by atoms with Gasteiger partial charge < -0.3 is 19.6 Å². The number of hydrogen-bond donors (Lipinski definition) is 2. The lowest BCUT2D eigenvalue weighted by Crippen LogP contribution is -2.46. The van der Waals surface area contributed by atoms with Crippen LogP contribution in [0.5, 0.6) is 0 Å². The molecule has 7 heteroatoms. The zero-order valence-electron chi connectivity index (χ0n) is 12.5. The number of esters is 1. The average Bonchev–Trinajstić information content (AvgIpc) is 2.36. The molecule has 7 nitrogen and oxygen atoms in total. The molecule has 1 fully saturated rings. The quantitative estimate of drug-likeness (QED) is 0.750. The molecule has 1 saturated heterocycles. The first kappa shape index (κ1) is 16.7. The Bertz CT molecular complexity index is 334. The number of hydroxylamine groups is 1. The molecule has 0 spiro atoms. The van der Waals surface area contributed by atoms with Crippen LogP contribution in [0.2, 0.25) is 0 Å². The summed E-state index contributed by atoms with van der Waals surface area (Å²) in [6, 6.07) is -0.721. The summed E-state index contributed by atoms with van der Waals surface area (Å²) in [5.41, 5.74) is 2.17. The average molecular weight is 288 g/mol. The van der Waals surface area contributed by atoms with Gasteiger partial charge in [-0.1, -0.05) is 0 Å². The molecule has 0 bridgehead atoms. The van der Waals surface area contributed by atoms with E-state index >= 15 is 0 Å². The van der Waals surface area contributed by atoms with Crippen molar-refractivity contribution in [2.75, 3.05) is 20.3 Å². The Morgan fingerprint density at radius 1 is 1.45 bits per heavy atom. The Morgan fingerprint density at radius 3 is 2.65 bits per heavy atom. The maximum absolute atomic E-state index is 11.7. The molecule has 0 aliphatic carbocycles. The van der Waals surface area contributed by atoms with E-state index < -0.39 is 23.7 Å². The molecule has 1 aliphatic heterocycles. The maximum atomic E-state index is 11.7. The van der Waals surface area contributed by atoms with E-state index in [1.54, 1.807) is 20.8 Å². The number of nitrogens with one attached hydrogen (secondary N) is 2. The monoisotopic (exact) mass is 288 g/mol. The lowest BCUT2D eigenvalue weighted by Gasteiger charge is -2.27. The van der Waals surface area contributed by atoms with Crippen LogP contribution in [-0.2, 0) is 19.1 Å². The van der Waals surface area contributed by atoms with E-state index in [4.69, 9.17) is 14.3 Å².